The van der Waals surface area contributed by atoms with Crippen molar-refractivity contribution in [3.05, 3.63) is 64.7 Å². The summed E-state index contributed by atoms with van der Waals surface area (Å²) in [4.78, 5) is 0. The van der Waals surface area contributed by atoms with Crippen LogP contribution in [0.3, 0.4) is 0 Å². The number of nitrogens with one attached hydrogen (secondary N) is 1. The molecule has 0 fully saturated rings. The molecule has 0 radical (unpaired) electrons. The minimum atomic E-state index is -0.521. The Morgan fingerprint density at radius 1 is 1.00 bits per heavy atom. The second-order valence-electron chi connectivity index (χ2n) is 4.37. The van der Waals surface area contributed by atoms with Crippen molar-refractivity contribution in [3.8, 4) is 0 Å². The lowest BCUT2D eigenvalue weighted by Crippen LogP contribution is -2.05. The third-order valence-corrected chi connectivity index (χ3v) is 2.90. The van der Waals surface area contributed by atoms with Crippen molar-refractivity contribution in [2.75, 3.05) is 5.32 Å². The minimum absolute atomic E-state index is 0.0671. The first-order chi connectivity index (χ1) is 8.58. The molecule has 0 saturated carbocycles. The third-order valence-electron chi connectivity index (χ3n) is 2.90. The Bertz CT molecular complexity index is 544. The molecule has 94 valence electrons. The fourth-order valence-corrected chi connectivity index (χ4v) is 1.90. The van der Waals surface area contributed by atoms with Crippen LogP contribution in [0.5, 0.6) is 0 Å². The summed E-state index contributed by atoms with van der Waals surface area (Å²) in [5.74, 6) is -1.04. The average molecular weight is 247 g/mol. The number of benzene rings is 2. The van der Waals surface area contributed by atoms with E-state index in [1.54, 1.807) is 0 Å². The first kappa shape index (κ1) is 12.6. The zero-order valence-corrected chi connectivity index (χ0v) is 10.4. The van der Waals surface area contributed by atoms with Gasteiger partial charge in [-0.05, 0) is 37.6 Å². The van der Waals surface area contributed by atoms with Gasteiger partial charge < -0.3 is 5.32 Å². The summed E-state index contributed by atoms with van der Waals surface area (Å²) in [6.07, 6.45) is 0. The van der Waals surface area contributed by atoms with Crippen LogP contribution in [-0.4, -0.2) is 0 Å². The van der Waals surface area contributed by atoms with E-state index < -0.39 is 11.6 Å². The number of hydrogen-bond donors (Lipinski definition) is 1. The van der Waals surface area contributed by atoms with Crippen LogP contribution in [-0.2, 0) is 6.54 Å². The average Bonchev–Trinajstić information content (AvgIpc) is 2.31. The van der Waals surface area contributed by atoms with E-state index in [0.29, 0.717) is 0 Å². The molecule has 0 aliphatic rings. The molecule has 0 atom stereocenters. The molecule has 0 aliphatic carbocycles. The largest absolute Gasteiger partial charge is 0.381 e. The predicted octanol–water partition coefficient (Wildman–Crippen LogP) is 4.19. The summed E-state index contributed by atoms with van der Waals surface area (Å²) >= 11 is 0. The van der Waals surface area contributed by atoms with E-state index >= 15 is 0 Å². The van der Waals surface area contributed by atoms with Gasteiger partial charge in [0.1, 0.15) is 11.6 Å². The molecule has 0 aromatic heterocycles. The smallest absolute Gasteiger partial charge is 0.131 e. The highest BCUT2D eigenvalue weighted by Crippen LogP contribution is 2.19. The molecule has 2 rings (SSSR count). The lowest BCUT2D eigenvalue weighted by molar-refractivity contribution is 0.560. The Labute approximate surface area is 105 Å². The maximum absolute atomic E-state index is 13.4. The molecule has 18 heavy (non-hydrogen) atoms. The van der Waals surface area contributed by atoms with Crippen LogP contribution in [0.1, 0.15) is 16.7 Å². The van der Waals surface area contributed by atoms with E-state index in [-0.39, 0.29) is 12.1 Å². The molecule has 0 spiro atoms. The molecule has 0 saturated heterocycles. The van der Waals surface area contributed by atoms with Gasteiger partial charge in [0.15, 0.2) is 0 Å². The van der Waals surface area contributed by atoms with Gasteiger partial charge in [0.25, 0.3) is 0 Å². The van der Waals surface area contributed by atoms with E-state index in [4.69, 9.17) is 0 Å². The first-order valence-electron chi connectivity index (χ1n) is 5.82. The normalized spacial score (nSPS) is 10.4. The Morgan fingerprint density at radius 2 is 1.67 bits per heavy atom. The minimum Gasteiger partial charge on any atom is -0.381 e. The zero-order valence-electron chi connectivity index (χ0n) is 10.4. The lowest BCUT2D eigenvalue weighted by atomic mass is 10.1. The molecule has 0 bridgehead atoms. The monoisotopic (exact) mass is 247 g/mol. The maximum atomic E-state index is 13.4. The standard InChI is InChI=1S/C15H15F2N/c1-10-6-7-15(11(2)8-10)18-9-12-13(16)4-3-5-14(12)17/h3-8,18H,9H2,1-2H3. The van der Waals surface area contributed by atoms with Crippen molar-refractivity contribution in [2.45, 2.75) is 20.4 Å². The number of rotatable bonds is 3. The van der Waals surface area contributed by atoms with Gasteiger partial charge in [0.2, 0.25) is 0 Å². The molecule has 0 heterocycles. The van der Waals surface area contributed by atoms with Crippen LogP contribution in [0.25, 0.3) is 0 Å². The second-order valence-corrected chi connectivity index (χ2v) is 4.37. The van der Waals surface area contributed by atoms with Gasteiger partial charge in [-0.25, -0.2) is 8.78 Å². The predicted molar refractivity (Wildman–Crippen MR) is 69.6 cm³/mol. The van der Waals surface area contributed by atoms with Crippen LogP contribution in [0.4, 0.5) is 14.5 Å². The molecular weight excluding hydrogens is 232 g/mol. The third kappa shape index (κ3) is 2.67. The highest BCUT2D eigenvalue weighted by Gasteiger charge is 2.08. The van der Waals surface area contributed by atoms with Crippen molar-refractivity contribution < 1.29 is 8.78 Å². The summed E-state index contributed by atoms with van der Waals surface area (Å²) < 4.78 is 26.9. The van der Waals surface area contributed by atoms with E-state index in [1.165, 1.54) is 18.2 Å². The highest BCUT2D eigenvalue weighted by atomic mass is 19.1. The fourth-order valence-electron chi connectivity index (χ4n) is 1.90. The molecule has 2 aromatic carbocycles. The summed E-state index contributed by atoms with van der Waals surface area (Å²) in [6.45, 7) is 4.11. The van der Waals surface area contributed by atoms with Gasteiger partial charge in [-0.3, -0.25) is 0 Å². The number of hydrogen-bond acceptors (Lipinski definition) is 1. The lowest BCUT2D eigenvalue weighted by Gasteiger charge is -2.11. The SMILES string of the molecule is Cc1ccc(NCc2c(F)cccc2F)c(C)c1. The van der Waals surface area contributed by atoms with Gasteiger partial charge in [0, 0.05) is 17.8 Å². The molecule has 2 aromatic rings. The van der Waals surface area contributed by atoms with Gasteiger partial charge in [-0.1, -0.05) is 23.8 Å². The van der Waals surface area contributed by atoms with Gasteiger partial charge in [-0.2, -0.15) is 0 Å². The maximum Gasteiger partial charge on any atom is 0.131 e. The van der Waals surface area contributed by atoms with Crippen LogP contribution in [0.2, 0.25) is 0 Å². The summed E-state index contributed by atoms with van der Waals surface area (Å²) in [5, 5.41) is 3.06. The van der Waals surface area contributed by atoms with Crippen LogP contribution in [0.15, 0.2) is 36.4 Å². The molecule has 3 heteroatoms. The molecule has 1 nitrogen and oxygen atoms in total. The van der Waals surface area contributed by atoms with Crippen LogP contribution in [0, 0.1) is 25.5 Å². The van der Waals surface area contributed by atoms with E-state index in [2.05, 4.69) is 5.32 Å². The topological polar surface area (TPSA) is 12.0 Å². The summed E-state index contributed by atoms with van der Waals surface area (Å²) in [7, 11) is 0. The molecule has 0 aliphatic heterocycles. The first-order valence-corrected chi connectivity index (χ1v) is 5.82. The van der Waals surface area contributed by atoms with Gasteiger partial charge in [0.05, 0.1) is 0 Å². The Kier molecular flexibility index (Phi) is 3.60. The van der Waals surface area contributed by atoms with E-state index in [9.17, 15) is 8.78 Å². The fraction of sp³-hybridized carbons (Fsp3) is 0.200. The van der Waals surface area contributed by atoms with E-state index in [1.807, 2.05) is 32.0 Å². The van der Waals surface area contributed by atoms with Gasteiger partial charge >= 0.3 is 0 Å². The molecular formula is C15H15F2N. The van der Waals surface area contributed by atoms with Crippen molar-refractivity contribution >= 4 is 5.69 Å². The quantitative estimate of drug-likeness (QED) is 0.857. The summed E-state index contributed by atoms with van der Waals surface area (Å²) in [5.41, 5.74) is 3.18. The van der Waals surface area contributed by atoms with Crippen molar-refractivity contribution in [3.63, 3.8) is 0 Å². The Hall–Kier alpha value is -1.90. The van der Waals surface area contributed by atoms with Crippen molar-refractivity contribution in [1.82, 2.24) is 0 Å². The number of anilines is 1. The van der Waals surface area contributed by atoms with Gasteiger partial charge in [-0.15, -0.1) is 0 Å². The van der Waals surface area contributed by atoms with E-state index in [0.717, 1.165) is 16.8 Å². The number of halogens is 2. The van der Waals surface area contributed by atoms with Crippen LogP contribution < -0.4 is 5.32 Å². The second kappa shape index (κ2) is 5.17. The van der Waals surface area contributed by atoms with Crippen molar-refractivity contribution in [1.29, 1.82) is 0 Å². The molecule has 0 amide bonds. The van der Waals surface area contributed by atoms with Crippen molar-refractivity contribution in [2.24, 2.45) is 0 Å². The highest BCUT2D eigenvalue weighted by molar-refractivity contribution is 5.52. The zero-order chi connectivity index (χ0) is 13.1. The Balaban J connectivity index is 2.16. The van der Waals surface area contributed by atoms with Crippen LogP contribution >= 0.6 is 0 Å². The summed E-state index contributed by atoms with van der Waals surface area (Å²) in [6, 6.07) is 9.81. The number of aryl methyl sites for hydroxylation is 2. The molecule has 1 N–H and O–H groups in total. The molecule has 0 unspecified atom stereocenters. The Morgan fingerprint density at radius 3 is 2.28 bits per heavy atom.